The fourth-order valence-electron chi connectivity index (χ4n) is 1.44. The first-order valence-corrected chi connectivity index (χ1v) is 7.71. The fraction of sp³-hybridized carbons (Fsp3) is 0.250. The third-order valence-corrected chi connectivity index (χ3v) is 4.31. The van der Waals surface area contributed by atoms with Gasteiger partial charge in [-0.3, -0.25) is 4.79 Å². The highest BCUT2D eigenvalue weighted by molar-refractivity contribution is 7.15. The van der Waals surface area contributed by atoms with Crippen molar-refractivity contribution in [3.8, 4) is 0 Å². The summed E-state index contributed by atoms with van der Waals surface area (Å²) in [6, 6.07) is 0. The van der Waals surface area contributed by atoms with Crippen LogP contribution < -0.4 is 0 Å². The molecule has 0 aromatic carbocycles. The van der Waals surface area contributed by atoms with E-state index in [2.05, 4.69) is 9.97 Å². The number of carbonyl (C=O) groups excluding carboxylic acids is 1. The highest BCUT2D eigenvalue weighted by atomic mass is 32.1. The van der Waals surface area contributed by atoms with Crippen molar-refractivity contribution in [3.05, 3.63) is 32.2 Å². The van der Waals surface area contributed by atoms with Crippen LogP contribution in [0.25, 0.3) is 0 Å². The average molecular weight is 358 g/mol. The van der Waals surface area contributed by atoms with E-state index in [0.717, 1.165) is 28.9 Å². The Kier molecular flexibility index (Phi) is 5.87. The predicted octanol–water partition coefficient (Wildman–Crippen LogP) is 1.54. The van der Waals surface area contributed by atoms with Crippen LogP contribution in [-0.2, 0) is 9.47 Å². The minimum Gasteiger partial charge on any atom is -0.477 e. The molecule has 0 saturated carbocycles. The normalized spacial score (nSPS) is 14.1. The first kappa shape index (κ1) is 17.1. The molecule has 0 radical (unpaired) electrons. The fourth-order valence-corrected chi connectivity index (χ4v) is 2.76. The Labute approximate surface area is 137 Å². The van der Waals surface area contributed by atoms with Crippen LogP contribution in [0.1, 0.15) is 40.4 Å². The van der Waals surface area contributed by atoms with Crippen molar-refractivity contribution in [2.45, 2.75) is 6.29 Å². The van der Waals surface area contributed by atoms with E-state index in [9.17, 15) is 14.4 Å². The van der Waals surface area contributed by atoms with Gasteiger partial charge in [0.05, 0.1) is 25.6 Å². The van der Waals surface area contributed by atoms with Crippen molar-refractivity contribution in [2.24, 2.45) is 0 Å². The van der Waals surface area contributed by atoms with Crippen LogP contribution in [0.5, 0.6) is 0 Å². The molecule has 2 aromatic heterocycles. The first-order valence-electron chi connectivity index (χ1n) is 6.07. The molecule has 2 aromatic rings. The standard InChI is InChI=1S/C7H7NO4S.C5H3NO3S/c9-6(10)4-3-8-5(13-4)7-11-1-2-12-7;7-2-4-6-1-3(10-4)5(8)9/h3,7H,1-2H2,(H,9,10);1-2H,(H,8,9). The number of hydrogen-bond donors (Lipinski definition) is 2. The number of aromatic nitrogens is 2. The zero-order chi connectivity index (χ0) is 16.8. The maximum absolute atomic E-state index is 10.5. The summed E-state index contributed by atoms with van der Waals surface area (Å²) in [6.07, 6.45) is 2.53. The topological polar surface area (TPSA) is 136 Å². The molecule has 0 atom stereocenters. The van der Waals surface area contributed by atoms with Crippen LogP contribution in [0, 0.1) is 0 Å². The van der Waals surface area contributed by atoms with Crippen LogP contribution in [0.2, 0.25) is 0 Å². The summed E-state index contributed by atoms with van der Waals surface area (Å²) in [5.74, 6) is -2.02. The van der Waals surface area contributed by atoms with Gasteiger partial charge in [0, 0.05) is 0 Å². The molecule has 0 unspecified atom stereocenters. The maximum Gasteiger partial charge on any atom is 0.347 e. The molecule has 1 saturated heterocycles. The molecule has 3 heterocycles. The lowest BCUT2D eigenvalue weighted by molar-refractivity contribution is -0.0442. The molecule has 0 amide bonds. The van der Waals surface area contributed by atoms with Gasteiger partial charge in [0.25, 0.3) is 0 Å². The molecular weight excluding hydrogens is 348 g/mol. The second-order valence-electron chi connectivity index (χ2n) is 3.93. The minimum absolute atomic E-state index is 0.0853. The maximum atomic E-state index is 10.5. The number of hydrogen-bond acceptors (Lipinski definition) is 9. The van der Waals surface area contributed by atoms with Gasteiger partial charge in [0.15, 0.2) is 11.3 Å². The van der Waals surface area contributed by atoms with E-state index < -0.39 is 18.2 Å². The van der Waals surface area contributed by atoms with E-state index in [4.69, 9.17) is 19.7 Å². The van der Waals surface area contributed by atoms with Gasteiger partial charge in [0.1, 0.15) is 14.8 Å². The molecular formula is C12H10N2O7S2. The molecule has 11 heteroatoms. The van der Waals surface area contributed by atoms with E-state index in [-0.39, 0.29) is 14.8 Å². The van der Waals surface area contributed by atoms with Gasteiger partial charge < -0.3 is 19.7 Å². The quantitative estimate of drug-likeness (QED) is 0.780. The van der Waals surface area contributed by atoms with Crippen molar-refractivity contribution in [1.29, 1.82) is 0 Å². The molecule has 0 bridgehead atoms. The van der Waals surface area contributed by atoms with Gasteiger partial charge in [-0.05, 0) is 0 Å². The van der Waals surface area contributed by atoms with Crippen LogP contribution >= 0.6 is 22.7 Å². The number of thiazole rings is 2. The molecule has 1 fully saturated rings. The smallest absolute Gasteiger partial charge is 0.347 e. The van der Waals surface area contributed by atoms with Crippen molar-refractivity contribution in [2.75, 3.05) is 13.2 Å². The Balaban J connectivity index is 0.000000174. The van der Waals surface area contributed by atoms with Crippen molar-refractivity contribution >= 4 is 40.9 Å². The monoisotopic (exact) mass is 358 g/mol. The number of nitrogens with zero attached hydrogens (tertiary/aromatic N) is 2. The summed E-state index contributed by atoms with van der Waals surface area (Å²) >= 11 is 1.94. The lowest BCUT2D eigenvalue weighted by Crippen LogP contribution is -1.95. The van der Waals surface area contributed by atoms with Crippen LogP contribution in [-0.4, -0.2) is 51.6 Å². The van der Waals surface area contributed by atoms with Gasteiger partial charge >= 0.3 is 11.9 Å². The summed E-state index contributed by atoms with van der Waals surface area (Å²) in [7, 11) is 0. The Morgan fingerprint density at radius 3 is 2.09 bits per heavy atom. The SMILES string of the molecule is O=C(O)c1cnc(C2OCCO2)s1.O=Cc1ncc(C(=O)O)s1. The Morgan fingerprint density at radius 1 is 1.09 bits per heavy atom. The molecule has 122 valence electrons. The summed E-state index contributed by atoms with van der Waals surface area (Å²) < 4.78 is 10.3. The molecule has 0 spiro atoms. The van der Waals surface area contributed by atoms with E-state index >= 15 is 0 Å². The summed E-state index contributed by atoms with van der Waals surface area (Å²) in [6.45, 7) is 1.07. The van der Waals surface area contributed by atoms with Crippen LogP contribution in [0.4, 0.5) is 0 Å². The largest absolute Gasteiger partial charge is 0.477 e. The number of aromatic carboxylic acids is 2. The molecule has 1 aliphatic rings. The number of carboxylic acid groups (broad SMARTS) is 2. The third kappa shape index (κ3) is 4.63. The van der Waals surface area contributed by atoms with Crippen molar-refractivity contribution in [1.82, 2.24) is 9.97 Å². The van der Waals surface area contributed by atoms with Crippen LogP contribution in [0.15, 0.2) is 12.4 Å². The minimum atomic E-state index is -1.05. The molecule has 23 heavy (non-hydrogen) atoms. The lowest BCUT2D eigenvalue weighted by atomic mass is 10.6. The van der Waals surface area contributed by atoms with Crippen LogP contribution in [0.3, 0.4) is 0 Å². The van der Waals surface area contributed by atoms with Gasteiger partial charge in [-0.2, -0.15) is 0 Å². The zero-order valence-corrected chi connectivity index (χ0v) is 13.0. The number of rotatable bonds is 4. The van der Waals surface area contributed by atoms with Crippen molar-refractivity contribution in [3.63, 3.8) is 0 Å². The second-order valence-corrected chi connectivity index (χ2v) is 6.05. The third-order valence-electron chi connectivity index (χ3n) is 2.39. The number of carboxylic acids is 2. The first-order chi connectivity index (χ1) is 11.0. The van der Waals surface area contributed by atoms with E-state index in [1.807, 2.05) is 0 Å². The molecule has 3 rings (SSSR count). The Hall–Kier alpha value is -2.21. The lowest BCUT2D eigenvalue weighted by Gasteiger charge is -2.02. The van der Waals surface area contributed by atoms with Gasteiger partial charge in [0.2, 0.25) is 6.29 Å². The van der Waals surface area contributed by atoms with Gasteiger partial charge in [-0.15, -0.1) is 22.7 Å². The number of ether oxygens (including phenoxy) is 2. The molecule has 0 aliphatic carbocycles. The number of carbonyl (C=O) groups is 3. The molecule has 2 N–H and O–H groups in total. The zero-order valence-electron chi connectivity index (χ0n) is 11.4. The van der Waals surface area contributed by atoms with Gasteiger partial charge in [-0.1, -0.05) is 0 Å². The van der Waals surface area contributed by atoms with Crippen molar-refractivity contribution < 1.29 is 34.1 Å². The molecule has 1 aliphatic heterocycles. The number of aldehydes is 1. The van der Waals surface area contributed by atoms with E-state index in [1.165, 1.54) is 6.20 Å². The predicted molar refractivity (Wildman–Crippen MR) is 78.2 cm³/mol. The Bertz CT molecular complexity index is 706. The van der Waals surface area contributed by atoms with E-state index in [1.54, 1.807) is 0 Å². The highest BCUT2D eigenvalue weighted by Gasteiger charge is 2.22. The summed E-state index contributed by atoms with van der Waals surface area (Å²) in [5, 5.41) is 17.7. The average Bonchev–Trinajstić information content (AvgIpc) is 3.26. The summed E-state index contributed by atoms with van der Waals surface area (Å²) in [5.41, 5.74) is 0. The summed E-state index contributed by atoms with van der Waals surface area (Å²) in [4.78, 5) is 38.4. The highest BCUT2D eigenvalue weighted by Crippen LogP contribution is 2.26. The second kappa shape index (κ2) is 7.87. The van der Waals surface area contributed by atoms with E-state index in [0.29, 0.717) is 24.5 Å². The Morgan fingerprint density at radius 2 is 1.65 bits per heavy atom. The van der Waals surface area contributed by atoms with Gasteiger partial charge in [-0.25, -0.2) is 19.6 Å². The molecule has 9 nitrogen and oxygen atoms in total.